The Labute approximate surface area is 199 Å². The van der Waals surface area contributed by atoms with Gasteiger partial charge in [0.25, 0.3) is 0 Å². The molecule has 0 spiro atoms. The van der Waals surface area contributed by atoms with E-state index in [9.17, 15) is 0 Å². The number of hydrogen-bond donors (Lipinski definition) is 3. The molecule has 3 rings (SSSR count). The topological polar surface area (TPSA) is 102 Å². The summed E-state index contributed by atoms with van der Waals surface area (Å²) in [5, 5.41) is 16.0. The first-order valence-corrected chi connectivity index (χ1v) is 12.1. The quantitative estimate of drug-likeness (QED) is 0.0983. The fourth-order valence-electron chi connectivity index (χ4n) is 3.22. The van der Waals surface area contributed by atoms with Crippen molar-refractivity contribution < 1.29 is 14.7 Å². The van der Waals surface area contributed by atoms with Gasteiger partial charge in [-0.3, -0.25) is 0 Å². The number of benzene rings is 2. The van der Waals surface area contributed by atoms with Gasteiger partial charge in [0.2, 0.25) is 0 Å². The summed E-state index contributed by atoms with van der Waals surface area (Å²) in [5.74, 6) is 1.73. The van der Waals surface area contributed by atoms with Crippen LogP contribution in [0.3, 0.4) is 0 Å². The third kappa shape index (κ3) is 7.39. The molecule has 1 aromatic heterocycles. The van der Waals surface area contributed by atoms with Crippen LogP contribution in [-0.2, 0) is 0 Å². The number of unbranched alkanes of at least 4 members (excludes halogenated alkanes) is 2. The van der Waals surface area contributed by atoms with E-state index in [1.165, 1.54) is 4.88 Å². The molecule has 0 radical (unpaired) electrons. The van der Waals surface area contributed by atoms with Crippen LogP contribution in [0.4, 0.5) is 5.13 Å². The zero-order valence-corrected chi connectivity index (χ0v) is 20.0. The van der Waals surface area contributed by atoms with Crippen molar-refractivity contribution in [1.82, 2.24) is 4.98 Å². The van der Waals surface area contributed by atoms with E-state index in [4.69, 9.17) is 25.4 Å². The second kappa shape index (κ2) is 12.7. The molecule has 0 aliphatic carbocycles. The maximum atomic E-state index is 8.69. The Kier molecular flexibility index (Phi) is 9.38. The molecule has 2 aromatic carbocycles. The summed E-state index contributed by atoms with van der Waals surface area (Å²) < 4.78 is 11.6. The first kappa shape index (κ1) is 24.4. The Balaban J connectivity index is 1.34. The number of nitrogens with two attached hydrogens (primary N) is 1. The van der Waals surface area contributed by atoms with Gasteiger partial charge in [-0.25, -0.2) is 4.98 Å². The molecule has 8 heteroatoms. The minimum Gasteiger partial charge on any atom is -0.494 e. The van der Waals surface area contributed by atoms with Crippen LogP contribution in [0.1, 0.15) is 43.0 Å². The summed E-state index contributed by atoms with van der Waals surface area (Å²) in [6.45, 7) is 6.51. The van der Waals surface area contributed by atoms with E-state index in [1.54, 1.807) is 23.5 Å². The molecule has 0 aliphatic heterocycles. The van der Waals surface area contributed by atoms with Crippen molar-refractivity contribution in [1.29, 1.82) is 0 Å². The highest BCUT2D eigenvalue weighted by atomic mass is 32.1. The van der Waals surface area contributed by atoms with Crippen LogP contribution in [0.2, 0.25) is 0 Å². The molecular formula is C25H32N4O3S. The van der Waals surface area contributed by atoms with Gasteiger partial charge in [-0.2, -0.15) is 0 Å². The molecule has 0 unspecified atom stereocenters. The number of hydrogen-bond acceptors (Lipinski definition) is 7. The van der Waals surface area contributed by atoms with Crippen LogP contribution in [-0.4, -0.2) is 35.8 Å². The van der Waals surface area contributed by atoms with E-state index in [1.807, 2.05) is 24.3 Å². The number of anilines is 1. The van der Waals surface area contributed by atoms with Gasteiger partial charge >= 0.3 is 0 Å². The van der Waals surface area contributed by atoms with E-state index >= 15 is 0 Å². The molecule has 0 amide bonds. The summed E-state index contributed by atoms with van der Waals surface area (Å²) in [4.78, 5) is 5.93. The zero-order chi connectivity index (χ0) is 23.5. The predicted molar refractivity (Wildman–Crippen MR) is 135 cm³/mol. The molecule has 0 fully saturated rings. The summed E-state index contributed by atoms with van der Waals surface area (Å²) in [7, 11) is 0. The van der Waals surface area contributed by atoms with Crippen LogP contribution in [0, 0.1) is 6.92 Å². The van der Waals surface area contributed by atoms with Crippen molar-refractivity contribution in [3.63, 3.8) is 0 Å². The molecule has 7 nitrogen and oxygen atoms in total. The molecule has 33 heavy (non-hydrogen) atoms. The lowest BCUT2D eigenvalue weighted by atomic mass is 10.1. The summed E-state index contributed by atoms with van der Waals surface area (Å²) in [6, 6.07) is 15.3. The van der Waals surface area contributed by atoms with Crippen LogP contribution >= 0.6 is 11.3 Å². The van der Waals surface area contributed by atoms with Crippen molar-refractivity contribution in [2.45, 2.75) is 39.5 Å². The van der Waals surface area contributed by atoms with Gasteiger partial charge in [-0.15, -0.1) is 11.3 Å². The fourth-order valence-corrected chi connectivity index (χ4v) is 4.08. The number of thiazole rings is 1. The minimum absolute atomic E-state index is 0.0864. The van der Waals surface area contributed by atoms with E-state index in [0.29, 0.717) is 18.8 Å². The van der Waals surface area contributed by atoms with E-state index in [0.717, 1.165) is 60.1 Å². The maximum absolute atomic E-state index is 8.69. The SMILES string of the molecule is CCCNc1nc(-c2ccc(OCCCCCOc3ccc(C(N)=NO)cc3)cc2)c(C)s1. The highest BCUT2D eigenvalue weighted by molar-refractivity contribution is 7.16. The van der Waals surface area contributed by atoms with Gasteiger partial charge in [-0.05, 0) is 81.1 Å². The van der Waals surface area contributed by atoms with Crippen LogP contribution in [0.5, 0.6) is 11.5 Å². The molecular weight excluding hydrogens is 436 g/mol. The number of oxime groups is 1. The summed E-state index contributed by atoms with van der Waals surface area (Å²) in [5.41, 5.74) is 8.35. The summed E-state index contributed by atoms with van der Waals surface area (Å²) in [6.07, 6.45) is 4.01. The molecule has 4 N–H and O–H groups in total. The monoisotopic (exact) mass is 468 g/mol. The zero-order valence-electron chi connectivity index (χ0n) is 19.2. The van der Waals surface area contributed by atoms with Gasteiger partial charge in [0, 0.05) is 22.5 Å². The number of nitrogens with zero attached hydrogens (tertiary/aromatic N) is 2. The van der Waals surface area contributed by atoms with E-state index in [-0.39, 0.29) is 5.84 Å². The Bertz CT molecular complexity index is 1020. The van der Waals surface area contributed by atoms with Crippen molar-refractivity contribution in [2.24, 2.45) is 10.9 Å². The van der Waals surface area contributed by atoms with Gasteiger partial charge in [0.1, 0.15) is 11.5 Å². The van der Waals surface area contributed by atoms with Crippen LogP contribution in [0.25, 0.3) is 11.3 Å². The first-order valence-electron chi connectivity index (χ1n) is 11.3. The molecule has 176 valence electrons. The lowest BCUT2D eigenvalue weighted by Crippen LogP contribution is -2.12. The molecule has 3 aromatic rings. The summed E-state index contributed by atoms with van der Waals surface area (Å²) >= 11 is 1.70. The smallest absolute Gasteiger partial charge is 0.183 e. The molecule has 0 atom stereocenters. The lowest BCUT2D eigenvalue weighted by Gasteiger charge is -2.08. The molecule has 0 saturated carbocycles. The Morgan fingerprint density at radius 3 is 2.18 bits per heavy atom. The number of aromatic nitrogens is 1. The number of amidine groups is 1. The Morgan fingerprint density at radius 2 is 1.61 bits per heavy atom. The Morgan fingerprint density at radius 1 is 1.00 bits per heavy atom. The van der Waals surface area contributed by atoms with Gasteiger partial charge in [-0.1, -0.05) is 12.1 Å². The van der Waals surface area contributed by atoms with Crippen molar-refractivity contribution in [2.75, 3.05) is 25.1 Å². The third-order valence-corrected chi connectivity index (χ3v) is 5.96. The number of ether oxygens (including phenoxy) is 2. The minimum atomic E-state index is 0.0864. The number of rotatable bonds is 13. The highest BCUT2D eigenvalue weighted by Crippen LogP contribution is 2.31. The van der Waals surface area contributed by atoms with Crippen LogP contribution < -0.4 is 20.5 Å². The third-order valence-electron chi connectivity index (χ3n) is 5.03. The average Bonchev–Trinajstić information content (AvgIpc) is 3.22. The number of aryl methyl sites for hydroxylation is 1. The van der Waals surface area contributed by atoms with Crippen molar-refractivity contribution >= 4 is 22.3 Å². The fraction of sp³-hybridized carbons (Fsp3) is 0.360. The second-order valence-electron chi connectivity index (χ2n) is 7.64. The van der Waals surface area contributed by atoms with Gasteiger partial charge < -0.3 is 25.7 Å². The highest BCUT2D eigenvalue weighted by Gasteiger charge is 2.09. The largest absolute Gasteiger partial charge is 0.494 e. The second-order valence-corrected chi connectivity index (χ2v) is 8.85. The number of nitrogens with one attached hydrogen (secondary N) is 1. The predicted octanol–water partition coefficient (Wildman–Crippen LogP) is 5.66. The van der Waals surface area contributed by atoms with Crippen LogP contribution in [0.15, 0.2) is 53.7 Å². The van der Waals surface area contributed by atoms with Gasteiger partial charge in [0.05, 0.1) is 18.9 Å². The standard InChI is InChI=1S/C25H32N4O3S/c1-3-15-27-25-28-23(18(2)33-25)19-7-11-21(12-8-19)31-16-5-4-6-17-32-22-13-9-20(10-14-22)24(26)29-30/h7-14,30H,3-6,15-17H2,1-2H3,(H2,26,29)(H,27,28). The lowest BCUT2D eigenvalue weighted by molar-refractivity contribution is 0.279. The van der Waals surface area contributed by atoms with Gasteiger partial charge in [0.15, 0.2) is 11.0 Å². The van der Waals surface area contributed by atoms with E-state index < -0.39 is 0 Å². The maximum Gasteiger partial charge on any atom is 0.183 e. The molecule has 0 aliphatic rings. The first-order chi connectivity index (χ1) is 16.1. The average molecular weight is 469 g/mol. The normalized spacial score (nSPS) is 11.4. The van der Waals surface area contributed by atoms with Crippen molar-refractivity contribution in [3.8, 4) is 22.8 Å². The van der Waals surface area contributed by atoms with E-state index in [2.05, 4.69) is 36.5 Å². The Hall–Kier alpha value is -3.26. The molecule has 1 heterocycles. The molecule has 0 saturated heterocycles. The van der Waals surface area contributed by atoms with Crippen molar-refractivity contribution in [3.05, 3.63) is 59.0 Å². The molecule has 0 bridgehead atoms.